The third-order valence-electron chi connectivity index (χ3n) is 5.32. The predicted octanol–water partition coefficient (Wildman–Crippen LogP) is 4.10. The van der Waals surface area contributed by atoms with Crippen molar-refractivity contribution >= 4 is 35.1 Å². The van der Waals surface area contributed by atoms with Gasteiger partial charge in [-0.15, -0.1) is 0 Å². The zero-order valence-corrected chi connectivity index (χ0v) is 20.2. The lowest BCUT2D eigenvalue weighted by atomic mass is 10.1. The number of carbonyl (C=O) groups is 2. The molecule has 0 saturated heterocycles. The molecule has 2 heterocycles. The molecule has 4 rings (SSSR count). The molecule has 2 amide bonds. The Kier molecular flexibility index (Phi) is 7.78. The van der Waals surface area contributed by atoms with Crippen molar-refractivity contribution in [1.29, 1.82) is 5.26 Å². The second-order valence-corrected chi connectivity index (χ2v) is 8.35. The highest BCUT2D eigenvalue weighted by Gasteiger charge is 2.33. The number of rotatable bonds is 7. The smallest absolute Gasteiger partial charge is 0.254 e. The standard InChI is InChI=1S/C26H23ClN6O3/c1-2-23(34)32-22-15-29-26(33(25(22)35)16-17-6-8-18(27)9-7-17)31-19-10-12-21(13-11-19)36-24-5-3-4-20(14-28)30-24/h3-13,22H,2,15-16H2,1H3,(H,29,31)(H,32,34). The van der Waals surface area contributed by atoms with E-state index in [0.717, 1.165) is 5.56 Å². The largest absolute Gasteiger partial charge is 0.439 e. The number of ether oxygens (including phenoxy) is 1. The average Bonchev–Trinajstić information content (AvgIpc) is 2.90. The Bertz CT molecular complexity index is 1320. The van der Waals surface area contributed by atoms with Crippen LogP contribution in [0.25, 0.3) is 0 Å². The number of hydrogen-bond donors (Lipinski definition) is 2. The molecule has 1 aliphatic heterocycles. The summed E-state index contributed by atoms with van der Waals surface area (Å²) < 4.78 is 5.72. The Morgan fingerprint density at radius 2 is 1.92 bits per heavy atom. The van der Waals surface area contributed by atoms with Crippen molar-refractivity contribution in [3.8, 4) is 17.7 Å². The Hall–Kier alpha value is -4.42. The number of nitriles is 1. The molecule has 0 saturated carbocycles. The van der Waals surface area contributed by atoms with E-state index in [1.807, 2.05) is 18.2 Å². The lowest BCUT2D eigenvalue weighted by Gasteiger charge is -2.32. The SMILES string of the molecule is CCC(=O)NC1CN=C(Nc2ccc(Oc3cccc(C#N)n3)cc2)N(Cc2ccc(Cl)cc2)C1=O. The number of aliphatic imine (C=N–C) groups is 1. The number of carbonyl (C=O) groups excluding carboxylic acids is 2. The van der Waals surface area contributed by atoms with E-state index >= 15 is 0 Å². The number of nitrogens with zero attached hydrogens (tertiary/aromatic N) is 4. The Balaban J connectivity index is 1.51. The molecule has 1 aromatic heterocycles. The molecule has 0 fully saturated rings. The first-order chi connectivity index (χ1) is 17.4. The van der Waals surface area contributed by atoms with Crippen LogP contribution in [-0.2, 0) is 16.1 Å². The quantitative estimate of drug-likeness (QED) is 0.502. The van der Waals surface area contributed by atoms with Gasteiger partial charge in [0.2, 0.25) is 17.7 Å². The number of aromatic nitrogens is 1. The molecule has 0 bridgehead atoms. The molecule has 0 aliphatic carbocycles. The van der Waals surface area contributed by atoms with E-state index in [1.165, 1.54) is 4.90 Å². The predicted molar refractivity (Wildman–Crippen MR) is 136 cm³/mol. The summed E-state index contributed by atoms with van der Waals surface area (Å²) in [6.45, 7) is 2.11. The molecular weight excluding hydrogens is 480 g/mol. The molecule has 36 heavy (non-hydrogen) atoms. The van der Waals surface area contributed by atoms with Crippen molar-refractivity contribution in [3.05, 3.63) is 83.0 Å². The van der Waals surface area contributed by atoms with Crippen LogP contribution in [0.15, 0.2) is 71.7 Å². The van der Waals surface area contributed by atoms with Crippen LogP contribution in [0, 0.1) is 11.3 Å². The highest BCUT2D eigenvalue weighted by Crippen LogP contribution is 2.23. The van der Waals surface area contributed by atoms with Gasteiger partial charge < -0.3 is 15.4 Å². The van der Waals surface area contributed by atoms with Crippen LogP contribution in [0.3, 0.4) is 0 Å². The van der Waals surface area contributed by atoms with Gasteiger partial charge in [-0.05, 0) is 48.0 Å². The molecule has 1 aliphatic rings. The van der Waals surface area contributed by atoms with Crippen molar-refractivity contribution in [2.75, 3.05) is 11.9 Å². The number of pyridine rings is 1. The van der Waals surface area contributed by atoms with E-state index in [4.69, 9.17) is 21.6 Å². The van der Waals surface area contributed by atoms with Crippen molar-refractivity contribution in [1.82, 2.24) is 15.2 Å². The fourth-order valence-electron chi connectivity index (χ4n) is 3.46. The fraction of sp³-hybridized carbons (Fsp3) is 0.192. The second kappa shape index (κ2) is 11.3. The minimum Gasteiger partial charge on any atom is -0.439 e. The minimum atomic E-state index is -0.734. The summed E-state index contributed by atoms with van der Waals surface area (Å²) in [6, 6.07) is 20.4. The number of guanidine groups is 1. The van der Waals surface area contributed by atoms with Crippen LogP contribution in [-0.4, -0.2) is 40.2 Å². The molecule has 2 aromatic carbocycles. The van der Waals surface area contributed by atoms with Gasteiger partial charge in [-0.25, -0.2) is 9.98 Å². The first-order valence-electron chi connectivity index (χ1n) is 11.3. The highest BCUT2D eigenvalue weighted by molar-refractivity contribution is 6.30. The molecule has 2 N–H and O–H groups in total. The molecule has 10 heteroatoms. The summed E-state index contributed by atoms with van der Waals surface area (Å²) in [7, 11) is 0. The number of halogens is 1. The summed E-state index contributed by atoms with van der Waals surface area (Å²) in [5.74, 6) is 0.745. The van der Waals surface area contributed by atoms with Gasteiger partial charge in [-0.2, -0.15) is 5.26 Å². The number of benzene rings is 2. The molecule has 1 unspecified atom stereocenters. The van der Waals surface area contributed by atoms with Crippen LogP contribution in [0.5, 0.6) is 11.6 Å². The van der Waals surface area contributed by atoms with Gasteiger partial charge in [0.25, 0.3) is 5.91 Å². The monoisotopic (exact) mass is 502 g/mol. The van der Waals surface area contributed by atoms with Crippen molar-refractivity contribution < 1.29 is 14.3 Å². The van der Waals surface area contributed by atoms with Gasteiger partial charge in [-0.1, -0.05) is 36.7 Å². The van der Waals surface area contributed by atoms with E-state index in [0.29, 0.717) is 28.3 Å². The van der Waals surface area contributed by atoms with E-state index < -0.39 is 6.04 Å². The number of amides is 2. The molecule has 0 spiro atoms. The zero-order chi connectivity index (χ0) is 25.5. The summed E-state index contributed by atoms with van der Waals surface area (Å²) in [4.78, 5) is 35.3. The van der Waals surface area contributed by atoms with Crippen LogP contribution in [0.4, 0.5) is 5.69 Å². The first kappa shape index (κ1) is 24.7. The maximum Gasteiger partial charge on any atom is 0.254 e. The normalized spacial score (nSPS) is 15.0. The molecule has 9 nitrogen and oxygen atoms in total. The third kappa shape index (κ3) is 6.17. The summed E-state index contributed by atoms with van der Waals surface area (Å²) >= 11 is 6.00. The minimum absolute atomic E-state index is 0.131. The molecular formula is C26H23ClN6O3. The van der Waals surface area contributed by atoms with Crippen molar-refractivity contribution in [2.45, 2.75) is 25.9 Å². The molecule has 3 aromatic rings. The topological polar surface area (TPSA) is 120 Å². The lowest BCUT2D eigenvalue weighted by molar-refractivity contribution is -0.133. The Labute approximate surface area is 213 Å². The Morgan fingerprint density at radius 1 is 1.17 bits per heavy atom. The van der Waals surface area contributed by atoms with Crippen LogP contribution >= 0.6 is 11.6 Å². The fourth-order valence-corrected chi connectivity index (χ4v) is 3.59. The summed E-state index contributed by atoms with van der Waals surface area (Å²) in [6.07, 6.45) is 0.278. The summed E-state index contributed by atoms with van der Waals surface area (Å²) in [5, 5.41) is 15.5. The molecule has 1 atom stereocenters. The second-order valence-electron chi connectivity index (χ2n) is 7.91. The van der Waals surface area contributed by atoms with Crippen molar-refractivity contribution in [3.63, 3.8) is 0 Å². The van der Waals surface area contributed by atoms with Crippen LogP contribution in [0.1, 0.15) is 24.6 Å². The van der Waals surface area contributed by atoms with Crippen LogP contribution in [0.2, 0.25) is 5.02 Å². The lowest BCUT2D eigenvalue weighted by Crippen LogP contribution is -2.56. The molecule has 0 radical (unpaired) electrons. The van der Waals surface area contributed by atoms with Gasteiger partial charge in [0.15, 0.2) is 0 Å². The van der Waals surface area contributed by atoms with Gasteiger partial charge in [0, 0.05) is 23.2 Å². The van der Waals surface area contributed by atoms with Crippen LogP contribution < -0.4 is 15.4 Å². The van der Waals surface area contributed by atoms with Gasteiger partial charge in [0.05, 0.1) is 13.1 Å². The zero-order valence-electron chi connectivity index (χ0n) is 19.4. The van der Waals surface area contributed by atoms with Gasteiger partial charge >= 0.3 is 0 Å². The molecule has 182 valence electrons. The average molecular weight is 503 g/mol. The van der Waals surface area contributed by atoms with Gasteiger partial charge in [-0.3, -0.25) is 14.5 Å². The highest BCUT2D eigenvalue weighted by atomic mass is 35.5. The first-order valence-corrected chi connectivity index (χ1v) is 11.6. The van der Waals surface area contributed by atoms with E-state index in [2.05, 4.69) is 20.6 Å². The maximum atomic E-state index is 13.3. The van der Waals surface area contributed by atoms with E-state index in [-0.39, 0.29) is 37.0 Å². The number of anilines is 1. The number of nitrogens with one attached hydrogen (secondary N) is 2. The Morgan fingerprint density at radius 3 is 2.61 bits per heavy atom. The summed E-state index contributed by atoms with van der Waals surface area (Å²) in [5.41, 5.74) is 1.81. The van der Waals surface area contributed by atoms with E-state index in [1.54, 1.807) is 61.5 Å². The maximum absolute atomic E-state index is 13.3. The van der Waals surface area contributed by atoms with Gasteiger partial charge in [0.1, 0.15) is 23.6 Å². The number of hydrogen-bond acceptors (Lipinski definition) is 7. The third-order valence-corrected chi connectivity index (χ3v) is 5.58. The van der Waals surface area contributed by atoms with E-state index in [9.17, 15) is 9.59 Å². The van der Waals surface area contributed by atoms with Crippen molar-refractivity contribution in [2.24, 2.45) is 4.99 Å².